The maximum atomic E-state index is 5.58. The summed E-state index contributed by atoms with van der Waals surface area (Å²) in [6.45, 7) is 4.96. The van der Waals surface area contributed by atoms with Gasteiger partial charge < -0.3 is 29.4 Å². The van der Waals surface area contributed by atoms with E-state index < -0.39 is 0 Å². The molecular formula is C18H27NO5. The van der Waals surface area contributed by atoms with Gasteiger partial charge in [-0.3, -0.25) is 0 Å². The molecular weight excluding hydrogens is 310 g/mol. The largest absolute Gasteiger partial charge is 0.491 e. The summed E-state index contributed by atoms with van der Waals surface area (Å²) < 4.78 is 26.8. The lowest BCUT2D eigenvalue weighted by Crippen LogP contribution is -2.13. The molecule has 0 aliphatic heterocycles. The summed E-state index contributed by atoms with van der Waals surface area (Å²) in [5.74, 6) is 3.20. The molecule has 0 saturated heterocycles. The molecule has 1 aromatic rings. The van der Waals surface area contributed by atoms with Gasteiger partial charge >= 0.3 is 0 Å². The molecule has 1 rings (SSSR count). The lowest BCUT2D eigenvalue weighted by Gasteiger charge is -2.09. The first-order valence-electron chi connectivity index (χ1n) is 8.03. The average molecular weight is 337 g/mol. The van der Waals surface area contributed by atoms with E-state index in [1.54, 1.807) is 0 Å². The van der Waals surface area contributed by atoms with Gasteiger partial charge in [-0.25, -0.2) is 0 Å². The Labute approximate surface area is 144 Å². The fourth-order valence-electron chi connectivity index (χ4n) is 1.77. The number of benzene rings is 1. The molecule has 0 unspecified atom stereocenters. The predicted molar refractivity (Wildman–Crippen MR) is 91.9 cm³/mol. The molecule has 0 fully saturated rings. The van der Waals surface area contributed by atoms with Gasteiger partial charge in [0.05, 0.1) is 46.2 Å². The topological polar surface area (TPSA) is 72.2 Å². The van der Waals surface area contributed by atoms with Crippen molar-refractivity contribution >= 4 is 0 Å². The zero-order valence-corrected chi connectivity index (χ0v) is 14.1. The minimum absolute atomic E-state index is 0.319. The third-order valence-electron chi connectivity index (χ3n) is 2.93. The van der Waals surface area contributed by atoms with Crippen LogP contribution in [-0.4, -0.2) is 59.5 Å². The zero-order chi connectivity index (χ0) is 17.3. The Morgan fingerprint density at radius 3 is 2.00 bits per heavy atom. The average Bonchev–Trinajstić information content (AvgIpc) is 2.62. The van der Waals surface area contributed by atoms with Crippen LogP contribution < -0.4 is 10.5 Å². The quantitative estimate of drug-likeness (QED) is 0.383. The van der Waals surface area contributed by atoms with Crippen LogP contribution in [-0.2, 0) is 25.5 Å². The standard InChI is InChI=1S/C18H27NO5/c1-2-6-20-7-8-21-9-10-22-11-12-23-13-14-24-18-5-3-4-17(15-18)16-19/h1,3-5,15H,6-14,16,19H2. The van der Waals surface area contributed by atoms with Crippen molar-refractivity contribution in [1.29, 1.82) is 0 Å². The lowest BCUT2D eigenvalue weighted by molar-refractivity contribution is -0.00187. The molecule has 134 valence electrons. The molecule has 0 radical (unpaired) electrons. The summed E-state index contributed by atoms with van der Waals surface area (Å²) in [6.07, 6.45) is 5.05. The second-order valence-corrected chi connectivity index (χ2v) is 4.79. The van der Waals surface area contributed by atoms with Gasteiger partial charge in [0.1, 0.15) is 19.0 Å². The van der Waals surface area contributed by atoms with Crippen LogP contribution in [0.1, 0.15) is 5.56 Å². The number of terminal acetylenes is 1. The Kier molecular flexibility index (Phi) is 12.7. The van der Waals surface area contributed by atoms with E-state index in [1.807, 2.05) is 24.3 Å². The maximum Gasteiger partial charge on any atom is 0.119 e. The SMILES string of the molecule is C#CCOCCOCCOCCOCCOc1cccc(CN)c1. The molecule has 0 bridgehead atoms. The first kappa shape index (κ1) is 20.4. The minimum atomic E-state index is 0.319. The van der Waals surface area contributed by atoms with Crippen LogP contribution in [0.4, 0.5) is 0 Å². The number of hydrogen-bond donors (Lipinski definition) is 1. The van der Waals surface area contributed by atoms with Gasteiger partial charge in [0, 0.05) is 6.54 Å². The van der Waals surface area contributed by atoms with Crippen molar-refractivity contribution in [3.05, 3.63) is 29.8 Å². The molecule has 0 atom stereocenters. The van der Waals surface area contributed by atoms with Gasteiger partial charge in [0.25, 0.3) is 0 Å². The van der Waals surface area contributed by atoms with Crippen molar-refractivity contribution in [3.8, 4) is 18.1 Å². The molecule has 0 aliphatic rings. The normalized spacial score (nSPS) is 10.5. The molecule has 6 nitrogen and oxygen atoms in total. The molecule has 0 heterocycles. The number of nitrogens with two attached hydrogens (primary N) is 1. The van der Waals surface area contributed by atoms with E-state index in [2.05, 4.69) is 5.92 Å². The molecule has 24 heavy (non-hydrogen) atoms. The third-order valence-corrected chi connectivity index (χ3v) is 2.93. The van der Waals surface area contributed by atoms with Crippen LogP contribution in [0.3, 0.4) is 0 Å². The number of ether oxygens (including phenoxy) is 5. The van der Waals surface area contributed by atoms with Gasteiger partial charge in [0.15, 0.2) is 0 Å². The Morgan fingerprint density at radius 2 is 1.42 bits per heavy atom. The summed E-state index contributed by atoms with van der Waals surface area (Å²) in [5, 5.41) is 0. The second-order valence-electron chi connectivity index (χ2n) is 4.79. The molecule has 0 saturated carbocycles. The van der Waals surface area contributed by atoms with E-state index in [1.165, 1.54) is 0 Å². The van der Waals surface area contributed by atoms with Crippen LogP contribution >= 0.6 is 0 Å². The summed E-state index contributed by atoms with van der Waals surface area (Å²) in [5.41, 5.74) is 6.63. The molecule has 0 aliphatic carbocycles. The Balaban J connectivity index is 1.83. The smallest absolute Gasteiger partial charge is 0.119 e. The van der Waals surface area contributed by atoms with E-state index in [4.69, 9.17) is 35.8 Å². The van der Waals surface area contributed by atoms with Gasteiger partial charge in [-0.1, -0.05) is 18.1 Å². The van der Waals surface area contributed by atoms with Gasteiger partial charge in [0.2, 0.25) is 0 Å². The minimum Gasteiger partial charge on any atom is -0.491 e. The van der Waals surface area contributed by atoms with Crippen LogP contribution in [0, 0.1) is 12.3 Å². The van der Waals surface area contributed by atoms with Crippen molar-refractivity contribution in [2.75, 3.05) is 59.5 Å². The van der Waals surface area contributed by atoms with E-state index in [9.17, 15) is 0 Å². The highest BCUT2D eigenvalue weighted by atomic mass is 16.6. The van der Waals surface area contributed by atoms with E-state index >= 15 is 0 Å². The molecule has 6 heteroatoms. The molecule has 1 aromatic carbocycles. The Bertz CT molecular complexity index is 461. The monoisotopic (exact) mass is 337 g/mol. The van der Waals surface area contributed by atoms with Crippen molar-refractivity contribution in [1.82, 2.24) is 0 Å². The van der Waals surface area contributed by atoms with Crippen molar-refractivity contribution in [2.24, 2.45) is 5.73 Å². The van der Waals surface area contributed by atoms with E-state index in [0.717, 1.165) is 11.3 Å². The fourth-order valence-corrected chi connectivity index (χ4v) is 1.77. The highest BCUT2D eigenvalue weighted by Crippen LogP contribution is 2.12. The number of hydrogen-bond acceptors (Lipinski definition) is 6. The second kappa shape index (κ2) is 14.9. The highest BCUT2D eigenvalue weighted by Gasteiger charge is 1.96. The maximum absolute atomic E-state index is 5.58. The summed E-state index contributed by atoms with van der Waals surface area (Å²) >= 11 is 0. The predicted octanol–water partition coefficient (Wildman–Crippen LogP) is 1.22. The number of rotatable bonds is 15. The van der Waals surface area contributed by atoms with Gasteiger partial charge in [-0.05, 0) is 17.7 Å². The Hall–Kier alpha value is -1.62. The summed E-state index contributed by atoms with van der Waals surface area (Å²) in [7, 11) is 0. The van der Waals surface area contributed by atoms with Crippen molar-refractivity contribution in [2.45, 2.75) is 6.54 Å². The molecule has 2 N–H and O–H groups in total. The molecule has 0 amide bonds. The first-order chi connectivity index (χ1) is 11.9. The Morgan fingerprint density at radius 1 is 0.833 bits per heavy atom. The van der Waals surface area contributed by atoms with Crippen molar-refractivity contribution in [3.63, 3.8) is 0 Å². The van der Waals surface area contributed by atoms with Gasteiger partial charge in [-0.2, -0.15) is 0 Å². The fraction of sp³-hybridized carbons (Fsp3) is 0.556. The lowest BCUT2D eigenvalue weighted by atomic mass is 10.2. The summed E-state index contributed by atoms with van der Waals surface area (Å²) in [4.78, 5) is 0. The zero-order valence-electron chi connectivity index (χ0n) is 14.1. The van der Waals surface area contributed by atoms with Gasteiger partial charge in [-0.15, -0.1) is 6.42 Å². The van der Waals surface area contributed by atoms with E-state index in [0.29, 0.717) is 66.0 Å². The molecule has 0 spiro atoms. The van der Waals surface area contributed by atoms with Crippen LogP contribution in [0.25, 0.3) is 0 Å². The van der Waals surface area contributed by atoms with Crippen LogP contribution in [0.5, 0.6) is 5.75 Å². The molecule has 0 aromatic heterocycles. The summed E-state index contributed by atoms with van der Waals surface area (Å²) in [6, 6.07) is 7.73. The van der Waals surface area contributed by atoms with E-state index in [-0.39, 0.29) is 0 Å². The first-order valence-corrected chi connectivity index (χ1v) is 8.03. The highest BCUT2D eigenvalue weighted by molar-refractivity contribution is 5.28. The van der Waals surface area contributed by atoms with Crippen molar-refractivity contribution < 1.29 is 23.7 Å². The van der Waals surface area contributed by atoms with Crippen LogP contribution in [0.15, 0.2) is 24.3 Å². The van der Waals surface area contributed by atoms with Crippen LogP contribution in [0.2, 0.25) is 0 Å². The third kappa shape index (κ3) is 11.0.